The minimum atomic E-state index is 0.676. The van der Waals surface area contributed by atoms with E-state index in [2.05, 4.69) is 32.2 Å². The van der Waals surface area contributed by atoms with Crippen LogP contribution in [0.5, 0.6) is 0 Å². The fraction of sp³-hybridized carbons (Fsp3) is 0. The zero-order chi connectivity index (χ0) is 9.26. The molecule has 2 aromatic rings. The predicted octanol–water partition coefficient (Wildman–Crippen LogP) is 3.29. The number of aromatic nitrogens is 2. The molecular weight excluding hydrogens is 251 g/mol. The molecule has 0 aliphatic heterocycles. The van der Waals surface area contributed by atoms with Gasteiger partial charge in [-0.1, -0.05) is 33.6 Å². The molecule has 2 rings (SSSR count). The Bertz CT molecular complexity index is 412. The maximum absolute atomic E-state index is 6.02. The Hall–Kier alpha value is -0.800. The maximum atomic E-state index is 6.02. The number of imidazole rings is 1. The summed E-state index contributed by atoms with van der Waals surface area (Å²) in [5, 5.41) is 0.676. The maximum Gasteiger partial charge on any atom is 0.174 e. The summed E-state index contributed by atoms with van der Waals surface area (Å²) in [5.74, 6) is 0. The predicted molar refractivity (Wildman–Crippen MR) is 55.6 cm³/mol. The van der Waals surface area contributed by atoms with Crippen LogP contribution in [0.25, 0.3) is 11.3 Å². The average Bonchev–Trinajstić information content (AvgIpc) is 2.56. The number of halogens is 2. The first kappa shape index (κ1) is 8.78. The number of aromatic amines is 1. The minimum absolute atomic E-state index is 0.676. The van der Waals surface area contributed by atoms with Crippen LogP contribution in [0.1, 0.15) is 0 Å². The van der Waals surface area contributed by atoms with Gasteiger partial charge >= 0.3 is 0 Å². The summed E-state index contributed by atoms with van der Waals surface area (Å²) in [5.41, 5.74) is 1.71. The van der Waals surface area contributed by atoms with Crippen LogP contribution in [0.4, 0.5) is 0 Å². The molecule has 0 saturated heterocycles. The summed E-state index contributed by atoms with van der Waals surface area (Å²) in [6.45, 7) is 0. The Morgan fingerprint density at radius 3 is 2.92 bits per heavy atom. The number of rotatable bonds is 1. The van der Waals surface area contributed by atoms with Crippen LogP contribution in [0, 0.1) is 6.33 Å². The van der Waals surface area contributed by atoms with Crippen LogP contribution in [0.2, 0.25) is 5.02 Å². The Labute approximate surface area is 89.1 Å². The Morgan fingerprint density at radius 1 is 1.46 bits per heavy atom. The smallest absolute Gasteiger partial charge is 0.174 e. The zero-order valence-electron chi connectivity index (χ0n) is 6.51. The third-order valence-electron chi connectivity index (χ3n) is 1.66. The first-order valence-corrected chi connectivity index (χ1v) is 4.81. The SMILES string of the molecule is Clc1cc(Br)ccc1-c1c[nH][c]n1. The standard InChI is InChI=1S/C9H5BrClN2/c10-6-1-2-7(8(11)3-6)9-4-12-5-13-9/h1-4H,(H,12,13). The first-order chi connectivity index (χ1) is 6.27. The van der Waals surface area contributed by atoms with Gasteiger partial charge in [-0.05, 0) is 12.1 Å². The van der Waals surface area contributed by atoms with Gasteiger partial charge in [0.25, 0.3) is 0 Å². The molecule has 0 aliphatic carbocycles. The summed E-state index contributed by atoms with van der Waals surface area (Å²) in [6, 6.07) is 5.68. The quantitative estimate of drug-likeness (QED) is 0.833. The third kappa shape index (κ3) is 1.76. The van der Waals surface area contributed by atoms with Crippen molar-refractivity contribution in [1.29, 1.82) is 0 Å². The fourth-order valence-electron chi connectivity index (χ4n) is 1.06. The highest BCUT2D eigenvalue weighted by molar-refractivity contribution is 9.10. The molecule has 0 aliphatic rings. The lowest BCUT2D eigenvalue weighted by molar-refractivity contribution is 1.29. The highest BCUT2D eigenvalue weighted by atomic mass is 79.9. The van der Waals surface area contributed by atoms with E-state index in [9.17, 15) is 0 Å². The second-order valence-electron chi connectivity index (χ2n) is 2.52. The zero-order valence-corrected chi connectivity index (χ0v) is 8.85. The molecule has 13 heavy (non-hydrogen) atoms. The minimum Gasteiger partial charge on any atom is -0.341 e. The van der Waals surface area contributed by atoms with Gasteiger partial charge in [-0.3, -0.25) is 0 Å². The molecule has 0 unspecified atom stereocenters. The highest BCUT2D eigenvalue weighted by Crippen LogP contribution is 2.28. The molecule has 0 bridgehead atoms. The van der Waals surface area contributed by atoms with Crippen LogP contribution in [-0.4, -0.2) is 9.97 Å². The molecule has 0 atom stereocenters. The topological polar surface area (TPSA) is 28.7 Å². The summed E-state index contributed by atoms with van der Waals surface area (Å²) < 4.78 is 0.959. The molecule has 0 spiro atoms. The molecule has 1 N–H and O–H groups in total. The van der Waals surface area contributed by atoms with Crippen molar-refractivity contribution in [3.8, 4) is 11.3 Å². The molecule has 1 radical (unpaired) electrons. The lowest BCUT2D eigenvalue weighted by Gasteiger charge is -1.99. The number of nitrogens with one attached hydrogen (secondary N) is 1. The van der Waals surface area contributed by atoms with Gasteiger partial charge in [0.05, 0.1) is 10.7 Å². The van der Waals surface area contributed by atoms with Crippen molar-refractivity contribution in [2.45, 2.75) is 0 Å². The van der Waals surface area contributed by atoms with Gasteiger partial charge in [-0.15, -0.1) is 0 Å². The molecule has 1 heterocycles. The highest BCUT2D eigenvalue weighted by Gasteiger charge is 2.04. The number of benzene rings is 1. The van der Waals surface area contributed by atoms with E-state index < -0.39 is 0 Å². The second-order valence-corrected chi connectivity index (χ2v) is 3.84. The van der Waals surface area contributed by atoms with E-state index in [-0.39, 0.29) is 0 Å². The van der Waals surface area contributed by atoms with E-state index in [0.717, 1.165) is 15.7 Å². The van der Waals surface area contributed by atoms with E-state index >= 15 is 0 Å². The fourth-order valence-corrected chi connectivity index (χ4v) is 1.83. The largest absolute Gasteiger partial charge is 0.341 e. The molecule has 2 nitrogen and oxygen atoms in total. The van der Waals surface area contributed by atoms with E-state index in [0.29, 0.717) is 5.02 Å². The van der Waals surface area contributed by atoms with Crippen molar-refractivity contribution >= 4 is 27.5 Å². The van der Waals surface area contributed by atoms with Crippen molar-refractivity contribution in [1.82, 2.24) is 9.97 Å². The molecule has 1 aromatic carbocycles. The van der Waals surface area contributed by atoms with Crippen molar-refractivity contribution in [3.05, 3.63) is 40.2 Å². The van der Waals surface area contributed by atoms with E-state index in [1.807, 2.05) is 18.2 Å². The monoisotopic (exact) mass is 255 g/mol. The normalized spacial score (nSPS) is 10.3. The van der Waals surface area contributed by atoms with Gasteiger partial charge in [0, 0.05) is 16.2 Å². The third-order valence-corrected chi connectivity index (χ3v) is 2.46. The molecule has 1 aromatic heterocycles. The van der Waals surface area contributed by atoms with Crippen LogP contribution < -0.4 is 0 Å². The van der Waals surface area contributed by atoms with Gasteiger partial charge in [-0.2, -0.15) is 0 Å². The Balaban J connectivity index is 2.53. The second kappa shape index (κ2) is 3.52. The molecule has 0 amide bonds. The van der Waals surface area contributed by atoms with Gasteiger partial charge in [0.1, 0.15) is 0 Å². The van der Waals surface area contributed by atoms with Crippen molar-refractivity contribution in [2.75, 3.05) is 0 Å². The number of nitrogens with zero attached hydrogens (tertiary/aromatic N) is 1. The van der Waals surface area contributed by atoms with E-state index in [1.54, 1.807) is 6.20 Å². The first-order valence-electron chi connectivity index (χ1n) is 3.64. The summed E-state index contributed by atoms with van der Waals surface area (Å²) >= 11 is 9.36. The van der Waals surface area contributed by atoms with Crippen LogP contribution >= 0.6 is 27.5 Å². The number of hydrogen-bond donors (Lipinski definition) is 1. The number of H-pyrrole nitrogens is 1. The van der Waals surface area contributed by atoms with Gasteiger partial charge in [0.2, 0.25) is 0 Å². The van der Waals surface area contributed by atoms with Crippen molar-refractivity contribution < 1.29 is 0 Å². The van der Waals surface area contributed by atoms with Crippen molar-refractivity contribution in [3.63, 3.8) is 0 Å². The average molecular weight is 257 g/mol. The van der Waals surface area contributed by atoms with Crippen molar-refractivity contribution in [2.24, 2.45) is 0 Å². The van der Waals surface area contributed by atoms with E-state index in [4.69, 9.17) is 11.6 Å². The molecule has 65 valence electrons. The lowest BCUT2D eigenvalue weighted by atomic mass is 10.2. The molecular formula is C9H5BrClN2. The Kier molecular flexibility index (Phi) is 2.38. The number of hydrogen-bond acceptors (Lipinski definition) is 1. The lowest BCUT2D eigenvalue weighted by Crippen LogP contribution is -1.78. The summed E-state index contributed by atoms with van der Waals surface area (Å²) in [4.78, 5) is 6.76. The summed E-state index contributed by atoms with van der Waals surface area (Å²) in [6.07, 6.45) is 4.38. The van der Waals surface area contributed by atoms with Crippen LogP contribution in [-0.2, 0) is 0 Å². The summed E-state index contributed by atoms with van der Waals surface area (Å²) in [7, 11) is 0. The van der Waals surface area contributed by atoms with Crippen LogP contribution in [0.3, 0.4) is 0 Å². The molecule has 0 fully saturated rings. The van der Waals surface area contributed by atoms with Gasteiger partial charge in [0.15, 0.2) is 6.33 Å². The van der Waals surface area contributed by atoms with E-state index in [1.165, 1.54) is 0 Å². The molecule has 0 saturated carbocycles. The van der Waals surface area contributed by atoms with Gasteiger partial charge in [-0.25, -0.2) is 4.98 Å². The molecule has 4 heteroatoms. The van der Waals surface area contributed by atoms with Gasteiger partial charge < -0.3 is 4.98 Å². The Morgan fingerprint density at radius 2 is 2.31 bits per heavy atom. The van der Waals surface area contributed by atoms with Crippen LogP contribution in [0.15, 0.2) is 28.9 Å².